The Morgan fingerprint density at radius 2 is 1.58 bits per heavy atom. The summed E-state index contributed by atoms with van der Waals surface area (Å²) in [5.41, 5.74) is -2.17. The van der Waals surface area contributed by atoms with E-state index in [0.29, 0.717) is 23.3 Å². The molecule has 12 heteroatoms. The maximum atomic E-state index is 13.8. The smallest absolute Gasteiger partial charge is 0.339 e. The summed E-state index contributed by atoms with van der Waals surface area (Å²) in [5, 5.41) is 0. The van der Waals surface area contributed by atoms with E-state index in [-0.39, 0.29) is 43.6 Å². The minimum Gasteiger partial charge on any atom is -0.339 e. The number of amides is 3. The van der Waals surface area contributed by atoms with Gasteiger partial charge in [0, 0.05) is 33.1 Å². The highest BCUT2D eigenvalue weighted by molar-refractivity contribution is 5.78. The first-order chi connectivity index (χ1) is 17.5. The van der Waals surface area contributed by atoms with Crippen LogP contribution in [-0.4, -0.2) is 53.3 Å². The van der Waals surface area contributed by atoms with Gasteiger partial charge in [-0.2, -0.15) is 26.3 Å². The van der Waals surface area contributed by atoms with Crippen molar-refractivity contribution < 1.29 is 40.3 Å². The minimum atomic E-state index is -5.02. The Labute approximate surface area is 215 Å². The van der Waals surface area contributed by atoms with Crippen LogP contribution in [-0.2, 0) is 17.1 Å². The van der Waals surface area contributed by atoms with Crippen molar-refractivity contribution in [3.8, 4) is 0 Å². The third-order valence-corrected chi connectivity index (χ3v) is 6.85. The van der Waals surface area contributed by atoms with Crippen LogP contribution in [0.1, 0.15) is 60.2 Å². The zero-order valence-electron chi connectivity index (χ0n) is 21.3. The third kappa shape index (κ3) is 6.21. The lowest BCUT2D eigenvalue weighted by atomic mass is 9.97. The van der Waals surface area contributed by atoms with Gasteiger partial charge in [0.1, 0.15) is 5.82 Å². The van der Waals surface area contributed by atoms with Crippen LogP contribution in [0.5, 0.6) is 0 Å². The normalized spacial score (nSPS) is 17.4. The molecule has 5 nitrogen and oxygen atoms in total. The van der Waals surface area contributed by atoms with E-state index in [1.807, 2.05) is 0 Å². The molecule has 1 heterocycles. The summed E-state index contributed by atoms with van der Waals surface area (Å²) in [7, 11) is 1.29. The summed E-state index contributed by atoms with van der Waals surface area (Å²) in [6.07, 6.45) is -9.81. The largest absolute Gasteiger partial charge is 0.416 e. The number of rotatable bonds is 4. The number of carbonyl (C=O) groups excluding carboxylic acids is 2. The first-order valence-corrected chi connectivity index (χ1v) is 11.9. The van der Waals surface area contributed by atoms with Crippen molar-refractivity contribution in [2.75, 3.05) is 26.7 Å². The second-order valence-corrected chi connectivity index (χ2v) is 9.31. The van der Waals surface area contributed by atoms with Gasteiger partial charge in [-0.25, -0.2) is 9.18 Å². The van der Waals surface area contributed by atoms with E-state index in [2.05, 4.69) is 0 Å². The molecule has 3 rings (SSSR count). The summed E-state index contributed by atoms with van der Waals surface area (Å²) in [6, 6.07) is 2.74. The van der Waals surface area contributed by atoms with Gasteiger partial charge in [0.15, 0.2) is 0 Å². The molecule has 1 aliphatic rings. The quantitative estimate of drug-likeness (QED) is 0.406. The average molecular weight is 548 g/mol. The predicted octanol–water partition coefficient (Wildman–Crippen LogP) is 6.58. The third-order valence-electron chi connectivity index (χ3n) is 6.85. The number of hydrogen-bond donors (Lipinski definition) is 0. The second kappa shape index (κ2) is 10.8. The van der Waals surface area contributed by atoms with E-state index in [1.165, 1.54) is 37.1 Å². The Morgan fingerprint density at radius 1 is 1.00 bits per heavy atom. The van der Waals surface area contributed by atoms with Crippen LogP contribution in [0.15, 0.2) is 36.4 Å². The summed E-state index contributed by atoms with van der Waals surface area (Å²) < 4.78 is 94.0. The maximum Gasteiger partial charge on any atom is 0.416 e. The van der Waals surface area contributed by atoms with Crippen LogP contribution in [0, 0.1) is 12.7 Å². The molecule has 3 amide bonds. The van der Waals surface area contributed by atoms with Crippen LogP contribution in [0.25, 0.3) is 0 Å². The summed E-state index contributed by atoms with van der Waals surface area (Å²) in [5.74, 6) is -0.635. The molecule has 1 fully saturated rings. The molecule has 0 radical (unpaired) electrons. The van der Waals surface area contributed by atoms with E-state index >= 15 is 0 Å². The molecule has 2 unspecified atom stereocenters. The van der Waals surface area contributed by atoms with Crippen molar-refractivity contribution in [2.45, 2.75) is 51.6 Å². The van der Waals surface area contributed by atoms with Gasteiger partial charge in [-0.1, -0.05) is 13.0 Å². The van der Waals surface area contributed by atoms with Crippen molar-refractivity contribution in [2.24, 2.45) is 0 Å². The van der Waals surface area contributed by atoms with Gasteiger partial charge >= 0.3 is 18.4 Å². The Balaban J connectivity index is 1.98. The fourth-order valence-corrected chi connectivity index (χ4v) is 4.55. The standard InChI is InChI=1S/C26H28F7N3O2/c1-5-23(37)35-8-9-36(22(14-35)21-7-6-20(27)10-15(21)2)24(38)34(4)16(3)17-11-18(25(28,29)30)13-19(12-17)26(31,32)33/h6-7,10-13,16,22H,5,8-9,14H2,1-4H3. The molecule has 2 atom stereocenters. The van der Waals surface area contributed by atoms with Gasteiger partial charge in [0.25, 0.3) is 0 Å². The van der Waals surface area contributed by atoms with Gasteiger partial charge in [0.05, 0.1) is 23.2 Å². The zero-order valence-corrected chi connectivity index (χ0v) is 21.3. The Morgan fingerprint density at radius 3 is 2.08 bits per heavy atom. The molecule has 38 heavy (non-hydrogen) atoms. The Bertz CT molecular complexity index is 1160. The highest BCUT2D eigenvalue weighted by Crippen LogP contribution is 2.39. The van der Waals surface area contributed by atoms with Crippen LogP contribution < -0.4 is 0 Å². The number of alkyl halides is 6. The van der Waals surface area contributed by atoms with Crippen LogP contribution in [0.4, 0.5) is 35.5 Å². The number of carbonyl (C=O) groups is 2. The summed E-state index contributed by atoms with van der Waals surface area (Å²) >= 11 is 0. The van der Waals surface area contributed by atoms with Crippen LogP contribution in [0.2, 0.25) is 0 Å². The van der Waals surface area contributed by atoms with Gasteiger partial charge in [-0.05, 0) is 60.9 Å². The fourth-order valence-electron chi connectivity index (χ4n) is 4.55. The second-order valence-electron chi connectivity index (χ2n) is 9.31. The molecule has 0 N–H and O–H groups in total. The van der Waals surface area contributed by atoms with Gasteiger partial charge < -0.3 is 14.7 Å². The highest BCUT2D eigenvalue weighted by atomic mass is 19.4. The lowest BCUT2D eigenvalue weighted by Crippen LogP contribution is -2.55. The highest BCUT2D eigenvalue weighted by Gasteiger charge is 2.39. The van der Waals surface area contributed by atoms with Crippen LogP contribution >= 0.6 is 0 Å². The topological polar surface area (TPSA) is 43.9 Å². The maximum absolute atomic E-state index is 13.8. The zero-order chi connectivity index (χ0) is 28.6. The van der Waals surface area contributed by atoms with Crippen molar-refractivity contribution >= 4 is 11.9 Å². The molecule has 0 bridgehead atoms. The predicted molar refractivity (Wildman–Crippen MR) is 125 cm³/mol. The lowest BCUT2D eigenvalue weighted by molar-refractivity contribution is -0.143. The van der Waals surface area contributed by atoms with Crippen molar-refractivity contribution in [3.05, 3.63) is 70.0 Å². The molecule has 208 valence electrons. The van der Waals surface area contributed by atoms with E-state index in [4.69, 9.17) is 0 Å². The average Bonchev–Trinajstić information content (AvgIpc) is 2.85. The van der Waals surface area contributed by atoms with Crippen molar-refractivity contribution in [3.63, 3.8) is 0 Å². The number of aryl methyl sites for hydroxylation is 1. The van der Waals surface area contributed by atoms with Gasteiger partial charge in [-0.3, -0.25) is 4.79 Å². The monoisotopic (exact) mass is 547 g/mol. The Hall–Kier alpha value is -3.31. The van der Waals surface area contributed by atoms with E-state index in [1.54, 1.807) is 18.7 Å². The van der Waals surface area contributed by atoms with Crippen molar-refractivity contribution in [1.29, 1.82) is 0 Å². The summed E-state index contributed by atoms with van der Waals surface area (Å²) in [4.78, 5) is 30.0. The first kappa shape index (κ1) is 29.2. The Kier molecular flexibility index (Phi) is 8.33. The minimum absolute atomic E-state index is 0.0371. The number of benzene rings is 2. The van der Waals surface area contributed by atoms with Crippen LogP contribution in [0.3, 0.4) is 0 Å². The molecule has 1 aliphatic heterocycles. The SMILES string of the molecule is CCC(=O)N1CCN(C(=O)N(C)C(C)c2cc(C(F)(F)F)cc(C(F)(F)F)c2)C(c2ccc(F)cc2C)C1. The molecular weight excluding hydrogens is 519 g/mol. The number of halogens is 7. The van der Waals surface area contributed by atoms with E-state index in [9.17, 15) is 40.3 Å². The lowest BCUT2D eigenvalue weighted by Gasteiger charge is -2.44. The number of piperazine rings is 1. The molecule has 0 saturated carbocycles. The fraction of sp³-hybridized carbons (Fsp3) is 0.462. The van der Waals surface area contributed by atoms with E-state index in [0.717, 1.165) is 4.90 Å². The molecule has 2 aromatic carbocycles. The molecule has 0 aliphatic carbocycles. The number of nitrogens with zero attached hydrogens (tertiary/aromatic N) is 3. The number of urea groups is 1. The molecule has 0 aromatic heterocycles. The van der Waals surface area contributed by atoms with E-state index < -0.39 is 47.4 Å². The first-order valence-electron chi connectivity index (χ1n) is 11.9. The van der Waals surface area contributed by atoms with Gasteiger partial charge in [0.2, 0.25) is 5.91 Å². The number of hydrogen-bond acceptors (Lipinski definition) is 2. The van der Waals surface area contributed by atoms with Crippen molar-refractivity contribution in [1.82, 2.24) is 14.7 Å². The molecule has 1 saturated heterocycles. The molecular formula is C26H28F7N3O2. The molecule has 2 aromatic rings. The molecule has 0 spiro atoms. The van der Waals surface area contributed by atoms with Gasteiger partial charge in [-0.15, -0.1) is 0 Å². The summed E-state index contributed by atoms with van der Waals surface area (Å²) in [6.45, 7) is 5.04.